The van der Waals surface area contributed by atoms with Gasteiger partial charge < -0.3 is 0 Å². The van der Waals surface area contributed by atoms with Crippen molar-refractivity contribution >= 4 is 5.78 Å². The smallest absolute Gasteiger partial charge is 0.193 e. The van der Waals surface area contributed by atoms with E-state index in [1.165, 1.54) is 0 Å². The van der Waals surface area contributed by atoms with Gasteiger partial charge in [-0.15, -0.1) is 0 Å². The number of hydrogen-bond donors (Lipinski definition) is 0. The molecule has 1 nitrogen and oxygen atoms in total. The standard InChI is InChI=1S/C25H16F2O/c26-21-16-20(25(28)19-14-8-3-9-15-19)22(17-10-4-1-5-11-17)23(24(21)27)18-12-6-2-7-13-18/h1-16H. The largest absolute Gasteiger partial charge is 0.289 e. The first-order chi connectivity index (χ1) is 13.7. The topological polar surface area (TPSA) is 17.1 Å². The SMILES string of the molecule is O=C(c1ccccc1)c1cc(F)c(F)c(-c2ccccc2)c1-c1ccccc1. The van der Waals surface area contributed by atoms with Crippen molar-refractivity contribution < 1.29 is 13.6 Å². The van der Waals surface area contributed by atoms with E-state index in [4.69, 9.17) is 0 Å². The minimum atomic E-state index is -1.04. The van der Waals surface area contributed by atoms with Crippen molar-refractivity contribution in [1.29, 1.82) is 0 Å². The number of carbonyl (C=O) groups excluding carboxylic acids is 1. The van der Waals surface area contributed by atoms with Crippen LogP contribution in [-0.4, -0.2) is 5.78 Å². The van der Waals surface area contributed by atoms with Gasteiger partial charge in [0.2, 0.25) is 0 Å². The molecule has 4 aromatic carbocycles. The fraction of sp³-hybridized carbons (Fsp3) is 0. The van der Waals surface area contributed by atoms with Crippen LogP contribution in [0, 0.1) is 11.6 Å². The van der Waals surface area contributed by atoms with Gasteiger partial charge >= 0.3 is 0 Å². The molecule has 0 aliphatic carbocycles. The summed E-state index contributed by atoms with van der Waals surface area (Å²) in [4.78, 5) is 13.2. The van der Waals surface area contributed by atoms with E-state index in [0.29, 0.717) is 22.3 Å². The quantitative estimate of drug-likeness (QED) is 0.373. The Balaban J connectivity index is 2.07. The summed E-state index contributed by atoms with van der Waals surface area (Å²) in [5, 5.41) is 0. The third-order valence-corrected chi connectivity index (χ3v) is 4.63. The Kier molecular flexibility index (Phi) is 4.81. The summed E-state index contributed by atoms with van der Waals surface area (Å²) >= 11 is 0. The zero-order chi connectivity index (χ0) is 19.5. The van der Waals surface area contributed by atoms with Crippen LogP contribution in [0.15, 0.2) is 97.1 Å². The lowest BCUT2D eigenvalue weighted by atomic mass is 9.87. The van der Waals surface area contributed by atoms with Crippen LogP contribution in [-0.2, 0) is 0 Å². The first-order valence-electron chi connectivity index (χ1n) is 8.89. The molecule has 0 aliphatic rings. The second-order valence-corrected chi connectivity index (χ2v) is 6.40. The molecular weight excluding hydrogens is 354 g/mol. The fourth-order valence-electron chi connectivity index (χ4n) is 3.33. The highest BCUT2D eigenvalue weighted by Crippen LogP contribution is 2.39. The lowest BCUT2D eigenvalue weighted by molar-refractivity contribution is 0.103. The van der Waals surface area contributed by atoms with Gasteiger partial charge in [-0.3, -0.25) is 4.79 Å². The fourth-order valence-corrected chi connectivity index (χ4v) is 3.33. The van der Waals surface area contributed by atoms with Crippen molar-refractivity contribution in [3.8, 4) is 22.3 Å². The first-order valence-corrected chi connectivity index (χ1v) is 8.89. The summed E-state index contributed by atoms with van der Waals surface area (Å²) in [5.74, 6) is -2.36. The van der Waals surface area contributed by atoms with Crippen LogP contribution in [0.25, 0.3) is 22.3 Å². The number of benzene rings is 4. The third kappa shape index (κ3) is 3.23. The Labute approximate surface area is 161 Å². The van der Waals surface area contributed by atoms with Crippen molar-refractivity contribution in [2.45, 2.75) is 0 Å². The van der Waals surface area contributed by atoms with Crippen LogP contribution in [0.4, 0.5) is 8.78 Å². The number of ketones is 1. The number of halogens is 2. The molecule has 3 heteroatoms. The molecule has 0 saturated heterocycles. The summed E-state index contributed by atoms with van der Waals surface area (Å²) in [5.41, 5.74) is 2.20. The van der Waals surface area contributed by atoms with Gasteiger partial charge in [0.25, 0.3) is 0 Å². The summed E-state index contributed by atoms with van der Waals surface area (Å²) in [6, 6.07) is 27.4. The normalized spacial score (nSPS) is 10.6. The maximum Gasteiger partial charge on any atom is 0.193 e. The molecular formula is C25H16F2O. The van der Waals surface area contributed by atoms with E-state index < -0.39 is 11.6 Å². The van der Waals surface area contributed by atoms with Gasteiger partial charge in [0, 0.05) is 22.3 Å². The van der Waals surface area contributed by atoms with E-state index in [2.05, 4.69) is 0 Å². The van der Waals surface area contributed by atoms with Crippen LogP contribution in [0.3, 0.4) is 0 Å². The van der Waals surface area contributed by atoms with Gasteiger partial charge in [-0.05, 0) is 17.2 Å². The lowest BCUT2D eigenvalue weighted by Crippen LogP contribution is -2.08. The van der Waals surface area contributed by atoms with Crippen molar-refractivity contribution in [3.05, 3.63) is 120 Å². The molecule has 0 bridgehead atoms. The average Bonchev–Trinajstić information content (AvgIpc) is 2.76. The lowest BCUT2D eigenvalue weighted by Gasteiger charge is -2.17. The van der Waals surface area contributed by atoms with Crippen LogP contribution in [0.2, 0.25) is 0 Å². The Morgan fingerprint density at radius 2 is 1.07 bits per heavy atom. The van der Waals surface area contributed by atoms with Gasteiger partial charge in [-0.25, -0.2) is 8.78 Å². The first kappa shape index (κ1) is 17.8. The highest BCUT2D eigenvalue weighted by Gasteiger charge is 2.25. The number of hydrogen-bond acceptors (Lipinski definition) is 1. The molecule has 136 valence electrons. The van der Waals surface area contributed by atoms with E-state index in [-0.39, 0.29) is 16.9 Å². The molecule has 0 heterocycles. The molecule has 4 aromatic rings. The van der Waals surface area contributed by atoms with E-state index in [0.717, 1.165) is 6.07 Å². The maximum absolute atomic E-state index is 15.0. The second kappa shape index (κ2) is 7.57. The van der Waals surface area contributed by atoms with Gasteiger partial charge in [-0.1, -0.05) is 91.0 Å². The van der Waals surface area contributed by atoms with Crippen LogP contribution in [0.1, 0.15) is 15.9 Å². The van der Waals surface area contributed by atoms with Gasteiger partial charge in [-0.2, -0.15) is 0 Å². The van der Waals surface area contributed by atoms with Crippen LogP contribution in [0.5, 0.6) is 0 Å². The Hall–Kier alpha value is -3.59. The molecule has 0 radical (unpaired) electrons. The number of carbonyl (C=O) groups is 1. The molecule has 0 fully saturated rings. The highest BCUT2D eigenvalue weighted by atomic mass is 19.2. The van der Waals surface area contributed by atoms with Crippen LogP contribution < -0.4 is 0 Å². The Morgan fingerprint density at radius 1 is 0.607 bits per heavy atom. The molecule has 0 unspecified atom stereocenters. The zero-order valence-corrected chi connectivity index (χ0v) is 14.9. The van der Waals surface area contributed by atoms with Gasteiger partial charge in [0.15, 0.2) is 17.4 Å². The Morgan fingerprint density at radius 3 is 1.61 bits per heavy atom. The minimum Gasteiger partial charge on any atom is -0.289 e. The molecule has 0 N–H and O–H groups in total. The highest BCUT2D eigenvalue weighted by molar-refractivity contribution is 6.14. The monoisotopic (exact) mass is 370 g/mol. The Bertz CT molecular complexity index is 1120. The minimum absolute atomic E-state index is 0.0890. The zero-order valence-electron chi connectivity index (χ0n) is 14.9. The van der Waals surface area contributed by atoms with Gasteiger partial charge in [0.1, 0.15) is 0 Å². The molecule has 0 aromatic heterocycles. The predicted octanol–water partition coefficient (Wildman–Crippen LogP) is 6.53. The average molecular weight is 370 g/mol. The third-order valence-electron chi connectivity index (χ3n) is 4.63. The summed E-state index contributed by atoms with van der Waals surface area (Å²) < 4.78 is 29.6. The van der Waals surface area contributed by atoms with Crippen molar-refractivity contribution in [2.24, 2.45) is 0 Å². The molecule has 0 amide bonds. The van der Waals surface area contributed by atoms with E-state index in [1.54, 1.807) is 72.8 Å². The summed E-state index contributed by atoms with van der Waals surface area (Å²) in [6.07, 6.45) is 0. The predicted molar refractivity (Wildman–Crippen MR) is 107 cm³/mol. The van der Waals surface area contributed by atoms with Crippen molar-refractivity contribution in [1.82, 2.24) is 0 Å². The molecule has 28 heavy (non-hydrogen) atoms. The maximum atomic E-state index is 15.0. The second-order valence-electron chi connectivity index (χ2n) is 6.40. The molecule has 0 aliphatic heterocycles. The van der Waals surface area contributed by atoms with E-state index in [9.17, 15) is 13.6 Å². The van der Waals surface area contributed by atoms with Crippen molar-refractivity contribution in [3.63, 3.8) is 0 Å². The summed E-state index contributed by atoms with van der Waals surface area (Å²) in [6.45, 7) is 0. The van der Waals surface area contributed by atoms with E-state index in [1.807, 2.05) is 18.2 Å². The van der Waals surface area contributed by atoms with Crippen molar-refractivity contribution in [2.75, 3.05) is 0 Å². The van der Waals surface area contributed by atoms with Gasteiger partial charge in [0.05, 0.1) is 0 Å². The van der Waals surface area contributed by atoms with Crippen LogP contribution >= 0.6 is 0 Å². The number of rotatable bonds is 4. The molecule has 0 spiro atoms. The summed E-state index contributed by atoms with van der Waals surface area (Å²) in [7, 11) is 0. The van der Waals surface area contributed by atoms with E-state index >= 15 is 0 Å². The molecule has 0 atom stereocenters. The molecule has 0 saturated carbocycles. The molecule has 4 rings (SSSR count).